The first-order chi connectivity index (χ1) is 14.4. The summed E-state index contributed by atoms with van der Waals surface area (Å²) >= 11 is 0. The zero-order valence-electron chi connectivity index (χ0n) is 17.4. The van der Waals surface area contributed by atoms with Gasteiger partial charge < -0.3 is 19.9 Å². The van der Waals surface area contributed by atoms with Gasteiger partial charge in [-0.2, -0.15) is 0 Å². The first-order valence-corrected chi connectivity index (χ1v) is 9.61. The van der Waals surface area contributed by atoms with Gasteiger partial charge in [-0.3, -0.25) is 4.79 Å². The van der Waals surface area contributed by atoms with Crippen LogP contribution >= 0.6 is 0 Å². The summed E-state index contributed by atoms with van der Waals surface area (Å²) in [5.41, 5.74) is 5.19. The molecule has 2 aromatic carbocycles. The number of aryl methyl sites for hydroxylation is 3. The Morgan fingerprint density at radius 2 is 1.83 bits per heavy atom. The zero-order chi connectivity index (χ0) is 21.3. The third-order valence-corrected chi connectivity index (χ3v) is 4.76. The Hall–Kier alpha value is -3.87. The van der Waals surface area contributed by atoms with Crippen molar-refractivity contribution in [1.82, 2.24) is 14.5 Å². The fraction of sp³-hybridized carbons (Fsp3) is 0.174. The van der Waals surface area contributed by atoms with E-state index in [1.165, 1.54) is 12.5 Å². The van der Waals surface area contributed by atoms with Gasteiger partial charge in [0.15, 0.2) is 0 Å². The molecule has 7 heteroatoms. The lowest BCUT2D eigenvalue weighted by Crippen LogP contribution is -2.07. The van der Waals surface area contributed by atoms with E-state index in [2.05, 4.69) is 47.7 Å². The molecule has 7 nitrogen and oxygen atoms in total. The summed E-state index contributed by atoms with van der Waals surface area (Å²) in [5, 5.41) is 6.08. The molecule has 4 rings (SSSR count). The number of hydrogen-bond donors (Lipinski definition) is 2. The number of hydrogen-bond acceptors (Lipinski definition) is 5. The number of pyridine rings is 1. The molecule has 0 atom stereocenters. The van der Waals surface area contributed by atoms with Gasteiger partial charge >= 0.3 is 0 Å². The van der Waals surface area contributed by atoms with Crippen LogP contribution in [0.25, 0.3) is 11.0 Å². The number of amides is 1. The second-order valence-corrected chi connectivity index (χ2v) is 7.25. The highest BCUT2D eigenvalue weighted by Gasteiger charge is 2.11. The van der Waals surface area contributed by atoms with Gasteiger partial charge in [-0.05, 0) is 49.2 Å². The fourth-order valence-corrected chi connectivity index (χ4v) is 3.21. The van der Waals surface area contributed by atoms with Crippen molar-refractivity contribution in [3.8, 4) is 11.5 Å². The Balaban J connectivity index is 1.60. The number of carbonyl (C=O) groups is 1. The number of carbonyl (C=O) groups excluding carboxylic acids is 1. The second-order valence-electron chi connectivity index (χ2n) is 7.25. The third-order valence-electron chi connectivity index (χ3n) is 4.76. The van der Waals surface area contributed by atoms with Gasteiger partial charge in [-0.25, -0.2) is 9.97 Å². The van der Waals surface area contributed by atoms with Crippen LogP contribution in [0.2, 0.25) is 0 Å². The highest BCUT2D eigenvalue weighted by atomic mass is 16.5. The minimum atomic E-state index is -0.182. The highest BCUT2D eigenvalue weighted by Crippen LogP contribution is 2.29. The molecule has 2 aromatic heterocycles. The van der Waals surface area contributed by atoms with E-state index >= 15 is 0 Å². The molecule has 0 saturated carbocycles. The van der Waals surface area contributed by atoms with Crippen molar-refractivity contribution in [2.75, 3.05) is 10.6 Å². The van der Waals surface area contributed by atoms with Crippen LogP contribution < -0.4 is 15.4 Å². The summed E-state index contributed by atoms with van der Waals surface area (Å²) in [4.78, 5) is 20.1. The zero-order valence-corrected chi connectivity index (χ0v) is 17.4. The van der Waals surface area contributed by atoms with Crippen molar-refractivity contribution in [3.63, 3.8) is 0 Å². The number of aromatic nitrogens is 3. The largest absolute Gasteiger partial charge is 0.457 e. The quantitative estimate of drug-likeness (QED) is 0.487. The van der Waals surface area contributed by atoms with Gasteiger partial charge in [0.2, 0.25) is 11.9 Å². The first kappa shape index (κ1) is 19.4. The molecule has 152 valence electrons. The highest BCUT2D eigenvalue weighted by molar-refractivity contribution is 5.87. The molecule has 0 aliphatic rings. The maximum atomic E-state index is 11.2. The molecule has 2 N–H and O–H groups in total. The van der Waals surface area contributed by atoms with Crippen molar-refractivity contribution in [2.45, 2.75) is 20.8 Å². The van der Waals surface area contributed by atoms with Crippen LogP contribution in [0.1, 0.15) is 18.1 Å². The predicted molar refractivity (Wildman–Crippen MR) is 119 cm³/mol. The third kappa shape index (κ3) is 4.10. The molecule has 4 aromatic rings. The Morgan fingerprint density at radius 3 is 2.63 bits per heavy atom. The van der Waals surface area contributed by atoms with Crippen LogP contribution in [0, 0.1) is 13.8 Å². The minimum Gasteiger partial charge on any atom is -0.457 e. The Bertz CT molecular complexity index is 1250. The molecule has 0 unspecified atom stereocenters. The SMILES string of the molecule is CC(=O)Nc1cc(Oc2ccc3c(c2)nc(Nc2cc(C)ccc2C)n3C)ccn1. The van der Waals surface area contributed by atoms with Crippen LogP contribution in [0.3, 0.4) is 0 Å². The van der Waals surface area contributed by atoms with Gasteiger partial charge in [0.1, 0.15) is 17.3 Å². The molecule has 0 spiro atoms. The summed E-state index contributed by atoms with van der Waals surface area (Å²) in [6.07, 6.45) is 1.59. The van der Waals surface area contributed by atoms with Crippen LogP contribution in [-0.2, 0) is 11.8 Å². The van der Waals surface area contributed by atoms with Crippen molar-refractivity contribution in [1.29, 1.82) is 0 Å². The number of anilines is 3. The number of nitrogens with one attached hydrogen (secondary N) is 2. The average Bonchev–Trinajstić information content (AvgIpc) is 2.99. The Labute approximate surface area is 174 Å². The summed E-state index contributed by atoms with van der Waals surface area (Å²) in [6, 6.07) is 15.5. The number of imidazole rings is 1. The van der Waals surface area contributed by atoms with Crippen LogP contribution in [-0.4, -0.2) is 20.4 Å². The normalized spacial score (nSPS) is 10.8. The Kier molecular flexibility index (Phi) is 5.10. The molecule has 1 amide bonds. The molecule has 2 heterocycles. The summed E-state index contributed by atoms with van der Waals surface area (Å²) in [6.45, 7) is 5.58. The van der Waals surface area contributed by atoms with Crippen LogP contribution in [0.4, 0.5) is 17.5 Å². The first-order valence-electron chi connectivity index (χ1n) is 9.61. The van der Waals surface area contributed by atoms with E-state index in [0.717, 1.165) is 28.2 Å². The number of fused-ring (bicyclic) bond motifs is 1. The molecule has 30 heavy (non-hydrogen) atoms. The van der Waals surface area contributed by atoms with E-state index < -0.39 is 0 Å². The lowest BCUT2D eigenvalue weighted by Gasteiger charge is -2.10. The monoisotopic (exact) mass is 401 g/mol. The van der Waals surface area contributed by atoms with Crippen molar-refractivity contribution in [3.05, 3.63) is 65.9 Å². The number of nitrogens with zero attached hydrogens (tertiary/aromatic N) is 3. The average molecular weight is 401 g/mol. The fourth-order valence-electron chi connectivity index (χ4n) is 3.21. The summed E-state index contributed by atoms with van der Waals surface area (Å²) in [7, 11) is 1.98. The number of ether oxygens (including phenoxy) is 1. The van der Waals surface area contributed by atoms with Crippen molar-refractivity contribution < 1.29 is 9.53 Å². The van der Waals surface area contributed by atoms with Gasteiger partial charge in [0.05, 0.1) is 11.0 Å². The molecule has 0 bridgehead atoms. The lowest BCUT2D eigenvalue weighted by atomic mass is 10.1. The topological polar surface area (TPSA) is 81.1 Å². The molecular formula is C23H23N5O2. The molecule has 0 aliphatic heterocycles. The number of benzene rings is 2. The van der Waals surface area contributed by atoms with Gasteiger partial charge in [-0.15, -0.1) is 0 Å². The lowest BCUT2D eigenvalue weighted by molar-refractivity contribution is -0.114. The van der Waals surface area contributed by atoms with Gasteiger partial charge in [0.25, 0.3) is 0 Å². The molecule has 0 aliphatic carbocycles. The smallest absolute Gasteiger partial charge is 0.222 e. The number of rotatable bonds is 5. The van der Waals surface area contributed by atoms with Gasteiger partial charge in [-0.1, -0.05) is 12.1 Å². The van der Waals surface area contributed by atoms with E-state index in [1.54, 1.807) is 18.3 Å². The molecule has 0 radical (unpaired) electrons. The van der Waals surface area contributed by atoms with E-state index in [-0.39, 0.29) is 5.91 Å². The van der Waals surface area contributed by atoms with E-state index in [0.29, 0.717) is 17.3 Å². The predicted octanol–water partition coefficient (Wildman–Crippen LogP) is 5.08. The summed E-state index contributed by atoms with van der Waals surface area (Å²) < 4.78 is 7.97. The van der Waals surface area contributed by atoms with E-state index in [1.807, 2.05) is 29.8 Å². The summed E-state index contributed by atoms with van der Waals surface area (Å²) in [5.74, 6) is 2.25. The second kappa shape index (κ2) is 7.87. The minimum absolute atomic E-state index is 0.182. The molecule has 0 fully saturated rings. The van der Waals surface area contributed by atoms with Crippen LogP contribution in [0.15, 0.2) is 54.7 Å². The van der Waals surface area contributed by atoms with E-state index in [9.17, 15) is 4.79 Å². The molecular weight excluding hydrogens is 378 g/mol. The van der Waals surface area contributed by atoms with Crippen molar-refractivity contribution >= 4 is 34.4 Å². The maximum absolute atomic E-state index is 11.2. The standard InChI is InChI=1S/C23H23N5O2/c1-14-5-6-15(2)19(11-14)26-23-27-20-12-17(7-8-21(20)28(23)4)30-18-9-10-24-22(13-18)25-16(3)29/h5-13H,1-4H3,(H,26,27)(H,24,25,29). The maximum Gasteiger partial charge on any atom is 0.222 e. The van der Waals surface area contributed by atoms with Crippen LogP contribution in [0.5, 0.6) is 11.5 Å². The Morgan fingerprint density at radius 1 is 1.03 bits per heavy atom. The molecule has 0 saturated heterocycles. The van der Waals surface area contributed by atoms with Crippen molar-refractivity contribution in [2.24, 2.45) is 7.05 Å². The van der Waals surface area contributed by atoms with Gasteiger partial charge in [0, 0.05) is 38.0 Å². The van der Waals surface area contributed by atoms with E-state index in [4.69, 9.17) is 9.72 Å².